The topological polar surface area (TPSA) is 49.3 Å². The van der Waals surface area contributed by atoms with Crippen LogP contribution < -0.4 is 5.32 Å². The molecule has 0 aliphatic rings. The number of carbonyl (C=O) groups excluding carboxylic acids is 1. The van der Waals surface area contributed by atoms with Crippen LogP contribution in [-0.4, -0.2) is 24.0 Å². The van der Waals surface area contributed by atoms with Crippen LogP contribution in [0, 0.1) is 0 Å². The molecule has 0 amide bonds. The molecule has 3 nitrogen and oxygen atoms in total. The summed E-state index contributed by atoms with van der Waals surface area (Å²) < 4.78 is 0. The van der Waals surface area contributed by atoms with Gasteiger partial charge in [0.05, 0.1) is 6.10 Å². The zero-order valence-electron chi connectivity index (χ0n) is 7.53. The van der Waals surface area contributed by atoms with Crippen molar-refractivity contribution in [2.24, 2.45) is 0 Å². The third-order valence-electron chi connectivity index (χ3n) is 1.65. The highest BCUT2D eigenvalue weighted by Crippen LogP contribution is 2.07. The maximum absolute atomic E-state index is 10.3. The molecular formula is C10H13NO2. The van der Waals surface area contributed by atoms with Crippen molar-refractivity contribution >= 4 is 12.0 Å². The number of nitrogens with one attached hydrogen (secondary N) is 1. The Balaban J connectivity index is 2.54. The van der Waals surface area contributed by atoms with Crippen molar-refractivity contribution < 1.29 is 9.90 Å². The van der Waals surface area contributed by atoms with Gasteiger partial charge < -0.3 is 10.4 Å². The van der Waals surface area contributed by atoms with Gasteiger partial charge in [0.1, 0.15) is 6.29 Å². The molecule has 0 aliphatic carbocycles. The van der Waals surface area contributed by atoms with E-state index in [1.807, 2.05) is 12.1 Å². The second kappa shape index (κ2) is 4.62. The van der Waals surface area contributed by atoms with E-state index < -0.39 is 0 Å². The van der Waals surface area contributed by atoms with Crippen LogP contribution in [0.3, 0.4) is 0 Å². The van der Waals surface area contributed by atoms with E-state index in [1.165, 1.54) is 0 Å². The average Bonchev–Trinajstić information content (AvgIpc) is 2.15. The van der Waals surface area contributed by atoms with Crippen molar-refractivity contribution in [2.45, 2.75) is 13.0 Å². The van der Waals surface area contributed by atoms with E-state index in [9.17, 15) is 4.79 Å². The first-order valence-electron chi connectivity index (χ1n) is 4.19. The molecule has 3 heteroatoms. The Morgan fingerprint density at radius 1 is 1.46 bits per heavy atom. The van der Waals surface area contributed by atoms with Crippen molar-refractivity contribution in [3.8, 4) is 0 Å². The molecule has 1 aromatic carbocycles. The number of carbonyl (C=O) groups is 1. The number of aldehydes is 1. The maximum Gasteiger partial charge on any atom is 0.150 e. The lowest BCUT2D eigenvalue weighted by molar-refractivity contribution is 0.112. The Hall–Kier alpha value is -1.35. The summed E-state index contributed by atoms with van der Waals surface area (Å²) in [7, 11) is 0. The molecule has 1 aromatic rings. The second-order valence-electron chi connectivity index (χ2n) is 2.97. The Labute approximate surface area is 77.4 Å². The molecule has 0 heterocycles. The molecule has 0 saturated carbocycles. The van der Waals surface area contributed by atoms with Gasteiger partial charge in [-0.1, -0.05) is 0 Å². The lowest BCUT2D eigenvalue weighted by Gasteiger charge is -2.07. The molecule has 0 saturated heterocycles. The summed E-state index contributed by atoms with van der Waals surface area (Å²) in [5.74, 6) is 0. The molecule has 70 valence electrons. The normalized spacial score (nSPS) is 12.2. The van der Waals surface area contributed by atoms with Gasteiger partial charge >= 0.3 is 0 Å². The summed E-state index contributed by atoms with van der Waals surface area (Å²) in [5.41, 5.74) is 1.56. The molecule has 0 spiro atoms. The molecule has 0 aliphatic heterocycles. The Bertz CT molecular complexity index is 267. The van der Waals surface area contributed by atoms with E-state index in [0.717, 1.165) is 12.0 Å². The predicted molar refractivity (Wildman–Crippen MR) is 52.0 cm³/mol. The zero-order valence-corrected chi connectivity index (χ0v) is 7.53. The lowest BCUT2D eigenvalue weighted by Crippen LogP contribution is -2.15. The molecule has 1 rings (SSSR count). The molecule has 2 N–H and O–H groups in total. The quantitative estimate of drug-likeness (QED) is 0.685. The van der Waals surface area contributed by atoms with Gasteiger partial charge in [0.15, 0.2) is 0 Å². The molecule has 0 fully saturated rings. The summed E-state index contributed by atoms with van der Waals surface area (Å²) in [6.07, 6.45) is 0.434. The van der Waals surface area contributed by atoms with Crippen molar-refractivity contribution in [1.29, 1.82) is 0 Å². The van der Waals surface area contributed by atoms with Gasteiger partial charge in [0.25, 0.3) is 0 Å². The first-order valence-corrected chi connectivity index (χ1v) is 4.19. The van der Waals surface area contributed by atoms with Gasteiger partial charge in [-0.3, -0.25) is 4.79 Å². The Morgan fingerprint density at radius 2 is 2.08 bits per heavy atom. The van der Waals surface area contributed by atoms with Gasteiger partial charge in [-0.15, -0.1) is 0 Å². The summed E-state index contributed by atoms with van der Waals surface area (Å²) in [6.45, 7) is 2.23. The molecule has 0 bridgehead atoms. The predicted octanol–water partition coefficient (Wildman–Crippen LogP) is 1.29. The van der Waals surface area contributed by atoms with Crippen molar-refractivity contribution in [3.63, 3.8) is 0 Å². The fourth-order valence-electron chi connectivity index (χ4n) is 0.945. The largest absolute Gasteiger partial charge is 0.392 e. The van der Waals surface area contributed by atoms with E-state index in [0.29, 0.717) is 12.1 Å². The number of anilines is 1. The van der Waals surface area contributed by atoms with Gasteiger partial charge in [-0.2, -0.15) is 0 Å². The van der Waals surface area contributed by atoms with Crippen LogP contribution in [0.15, 0.2) is 24.3 Å². The number of aliphatic hydroxyl groups is 1. The summed E-state index contributed by atoms with van der Waals surface area (Å²) >= 11 is 0. The molecule has 1 atom stereocenters. The fraction of sp³-hybridized carbons (Fsp3) is 0.300. The van der Waals surface area contributed by atoms with E-state index in [2.05, 4.69) is 5.32 Å². The number of hydrogen-bond donors (Lipinski definition) is 2. The zero-order chi connectivity index (χ0) is 9.68. The number of benzene rings is 1. The van der Waals surface area contributed by atoms with Crippen LogP contribution in [0.4, 0.5) is 5.69 Å². The van der Waals surface area contributed by atoms with E-state index in [-0.39, 0.29) is 6.10 Å². The summed E-state index contributed by atoms with van der Waals surface area (Å²) in [5, 5.41) is 12.0. The highest BCUT2D eigenvalue weighted by Gasteiger charge is 1.95. The molecule has 0 aromatic heterocycles. The van der Waals surface area contributed by atoms with Crippen molar-refractivity contribution in [3.05, 3.63) is 29.8 Å². The molecule has 1 unspecified atom stereocenters. The minimum absolute atomic E-state index is 0.370. The van der Waals surface area contributed by atoms with Crippen LogP contribution in [0.2, 0.25) is 0 Å². The van der Waals surface area contributed by atoms with E-state index >= 15 is 0 Å². The van der Waals surface area contributed by atoms with E-state index in [4.69, 9.17) is 5.11 Å². The van der Waals surface area contributed by atoms with Gasteiger partial charge in [-0.25, -0.2) is 0 Å². The van der Waals surface area contributed by atoms with Gasteiger partial charge in [0, 0.05) is 17.8 Å². The van der Waals surface area contributed by atoms with Crippen LogP contribution >= 0.6 is 0 Å². The first-order chi connectivity index (χ1) is 6.22. The third-order valence-corrected chi connectivity index (χ3v) is 1.65. The molecule has 13 heavy (non-hydrogen) atoms. The SMILES string of the molecule is CC(O)CNc1ccc(C=O)cc1. The minimum atomic E-state index is -0.370. The van der Waals surface area contributed by atoms with Crippen LogP contribution in [0.25, 0.3) is 0 Å². The van der Waals surface area contributed by atoms with Crippen molar-refractivity contribution in [1.82, 2.24) is 0 Å². The smallest absolute Gasteiger partial charge is 0.150 e. The van der Waals surface area contributed by atoms with Gasteiger partial charge in [0.2, 0.25) is 0 Å². The summed E-state index contributed by atoms with van der Waals surface area (Å²) in [6, 6.07) is 7.09. The Morgan fingerprint density at radius 3 is 2.54 bits per heavy atom. The standard InChI is InChI=1S/C10H13NO2/c1-8(13)6-11-10-4-2-9(7-12)3-5-10/h2-5,7-8,11,13H,6H2,1H3. The van der Waals surface area contributed by atoms with Crippen LogP contribution in [0.1, 0.15) is 17.3 Å². The van der Waals surface area contributed by atoms with Crippen molar-refractivity contribution in [2.75, 3.05) is 11.9 Å². The fourth-order valence-corrected chi connectivity index (χ4v) is 0.945. The number of hydrogen-bond acceptors (Lipinski definition) is 3. The maximum atomic E-state index is 10.3. The third kappa shape index (κ3) is 3.25. The summed E-state index contributed by atoms with van der Waals surface area (Å²) in [4.78, 5) is 10.3. The van der Waals surface area contributed by atoms with Gasteiger partial charge in [-0.05, 0) is 31.2 Å². The number of aliphatic hydroxyl groups excluding tert-OH is 1. The first kappa shape index (κ1) is 9.74. The average molecular weight is 179 g/mol. The second-order valence-corrected chi connectivity index (χ2v) is 2.97. The Kier molecular flexibility index (Phi) is 3.46. The van der Waals surface area contributed by atoms with Crippen LogP contribution in [-0.2, 0) is 0 Å². The van der Waals surface area contributed by atoms with E-state index in [1.54, 1.807) is 19.1 Å². The highest BCUT2D eigenvalue weighted by molar-refractivity contribution is 5.75. The molecule has 0 radical (unpaired) electrons. The minimum Gasteiger partial charge on any atom is -0.392 e. The highest BCUT2D eigenvalue weighted by atomic mass is 16.3. The lowest BCUT2D eigenvalue weighted by atomic mass is 10.2. The van der Waals surface area contributed by atoms with Crippen LogP contribution in [0.5, 0.6) is 0 Å². The monoisotopic (exact) mass is 179 g/mol. The number of rotatable bonds is 4. The molecular weight excluding hydrogens is 166 g/mol.